The highest BCUT2D eigenvalue weighted by Crippen LogP contribution is 2.43. The highest BCUT2D eigenvalue weighted by molar-refractivity contribution is 6.31. The van der Waals surface area contributed by atoms with Crippen LogP contribution >= 0.6 is 23.2 Å². The third-order valence-corrected chi connectivity index (χ3v) is 7.27. The lowest BCUT2D eigenvalue weighted by atomic mass is 9.80. The molecular formula is C25H22Cl2N2O7. The van der Waals surface area contributed by atoms with E-state index in [2.05, 4.69) is 10.1 Å². The maximum absolute atomic E-state index is 13.0. The zero-order valence-corrected chi connectivity index (χ0v) is 20.6. The Hall–Kier alpha value is -3.43. The molecule has 1 saturated carbocycles. The van der Waals surface area contributed by atoms with Crippen molar-refractivity contribution in [3.63, 3.8) is 0 Å². The molecule has 2 aromatic carbocycles. The third kappa shape index (κ3) is 5.22. The number of nitrogens with zero attached hydrogens (tertiary/aromatic N) is 1. The van der Waals surface area contributed by atoms with Gasteiger partial charge in [0.15, 0.2) is 6.61 Å². The van der Waals surface area contributed by atoms with Crippen molar-refractivity contribution in [3.8, 4) is 0 Å². The van der Waals surface area contributed by atoms with Gasteiger partial charge in [-0.05, 0) is 55.3 Å². The fourth-order valence-electron chi connectivity index (χ4n) is 4.34. The van der Waals surface area contributed by atoms with Crippen molar-refractivity contribution in [2.24, 2.45) is 11.8 Å². The van der Waals surface area contributed by atoms with Crippen LogP contribution in [0.25, 0.3) is 0 Å². The van der Waals surface area contributed by atoms with Crippen LogP contribution in [0.2, 0.25) is 0 Å². The number of halogens is 2. The molecule has 1 heterocycles. The Kier molecular flexibility index (Phi) is 7.61. The standard InChI is InChI=1S/C25H22Cl2N2O7/c1-35-24(33)13-5-7-15(8-6-13)28-21(30)12-36-25(34)14-3-2-4-16(9-14)29-22(31)17-10-19(26)20(27)11-18(17)23(29)32/h2-9,17-20H,10-12H2,1H3,(H,28,30)/t17-,18+,19-,20-/m0/s1. The molecule has 0 unspecified atom stereocenters. The number of anilines is 2. The molecule has 11 heteroatoms. The number of hydrogen-bond acceptors (Lipinski definition) is 7. The summed E-state index contributed by atoms with van der Waals surface area (Å²) in [5, 5.41) is 1.75. The Morgan fingerprint density at radius 2 is 1.53 bits per heavy atom. The van der Waals surface area contributed by atoms with Crippen LogP contribution in [-0.2, 0) is 23.9 Å². The molecule has 1 saturated heterocycles. The number of rotatable bonds is 6. The largest absolute Gasteiger partial charge is 0.465 e. The first-order valence-corrected chi connectivity index (χ1v) is 12.0. The Morgan fingerprint density at radius 3 is 2.11 bits per heavy atom. The number of carbonyl (C=O) groups is 5. The van der Waals surface area contributed by atoms with Gasteiger partial charge in [0.05, 0.1) is 46.5 Å². The van der Waals surface area contributed by atoms with E-state index >= 15 is 0 Å². The van der Waals surface area contributed by atoms with E-state index in [4.69, 9.17) is 27.9 Å². The van der Waals surface area contributed by atoms with Crippen molar-refractivity contribution in [3.05, 3.63) is 59.7 Å². The number of methoxy groups -OCH3 is 1. The van der Waals surface area contributed by atoms with Crippen LogP contribution < -0.4 is 10.2 Å². The number of benzene rings is 2. The molecule has 0 bridgehead atoms. The molecule has 4 atom stereocenters. The molecule has 4 rings (SSSR count). The smallest absolute Gasteiger partial charge is 0.338 e. The van der Waals surface area contributed by atoms with Crippen molar-refractivity contribution in [2.75, 3.05) is 23.9 Å². The van der Waals surface area contributed by atoms with Gasteiger partial charge in [-0.25, -0.2) is 9.59 Å². The van der Waals surface area contributed by atoms with Crippen LogP contribution in [0.1, 0.15) is 33.6 Å². The molecule has 2 fully saturated rings. The first kappa shape index (κ1) is 25.7. The summed E-state index contributed by atoms with van der Waals surface area (Å²) in [6.07, 6.45) is 0.618. The average molecular weight is 533 g/mol. The number of amides is 3. The summed E-state index contributed by atoms with van der Waals surface area (Å²) in [6, 6.07) is 11.9. The Bertz CT molecular complexity index is 1190. The molecule has 2 aromatic rings. The second kappa shape index (κ2) is 10.7. The summed E-state index contributed by atoms with van der Waals surface area (Å²) in [7, 11) is 1.26. The van der Waals surface area contributed by atoms with E-state index < -0.39 is 47.0 Å². The van der Waals surface area contributed by atoms with Crippen LogP contribution in [0.3, 0.4) is 0 Å². The van der Waals surface area contributed by atoms with E-state index in [9.17, 15) is 24.0 Å². The molecule has 1 aliphatic heterocycles. The van der Waals surface area contributed by atoms with Crippen molar-refractivity contribution < 1.29 is 33.4 Å². The molecule has 36 heavy (non-hydrogen) atoms. The molecule has 0 radical (unpaired) electrons. The predicted molar refractivity (Wildman–Crippen MR) is 131 cm³/mol. The lowest BCUT2D eigenvalue weighted by Gasteiger charge is -2.28. The molecular weight excluding hydrogens is 511 g/mol. The summed E-state index contributed by atoms with van der Waals surface area (Å²) in [6.45, 7) is -0.568. The second-order valence-electron chi connectivity index (χ2n) is 8.47. The SMILES string of the molecule is COC(=O)c1ccc(NC(=O)COC(=O)c2cccc(N3C(=O)[C@H]4C[C@H](Cl)[C@@H](Cl)C[C@H]4C3=O)c2)cc1. The van der Waals surface area contributed by atoms with Crippen LogP contribution in [0.15, 0.2) is 48.5 Å². The number of hydrogen-bond donors (Lipinski definition) is 1. The topological polar surface area (TPSA) is 119 Å². The number of alkyl halides is 2. The minimum absolute atomic E-state index is 0.0728. The summed E-state index contributed by atoms with van der Waals surface area (Å²) in [5.74, 6) is -3.74. The number of carbonyl (C=O) groups excluding carboxylic acids is 5. The maximum Gasteiger partial charge on any atom is 0.338 e. The first-order chi connectivity index (χ1) is 17.2. The number of nitrogens with one attached hydrogen (secondary N) is 1. The monoisotopic (exact) mass is 532 g/mol. The molecule has 0 spiro atoms. The maximum atomic E-state index is 13.0. The third-order valence-electron chi connectivity index (χ3n) is 6.18. The highest BCUT2D eigenvalue weighted by atomic mass is 35.5. The summed E-state index contributed by atoms with van der Waals surface area (Å²) in [4.78, 5) is 63.2. The lowest BCUT2D eigenvalue weighted by molar-refractivity contribution is -0.122. The molecule has 1 aliphatic carbocycles. The van der Waals surface area contributed by atoms with Gasteiger partial charge < -0.3 is 14.8 Å². The van der Waals surface area contributed by atoms with Crippen molar-refractivity contribution in [1.29, 1.82) is 0 Å². The fourth-order valence-corrected chi connectivity index (χ4v) is 4.93. The quantitative estimate of drug-likeness (QED) is 0.344. The van der Waals surface area contributed by atoms with Gasteiger partial charge in [-0.2, -0.15) is 0 Å². The number of ether oxygens (including phenoxy) is 2. The Balaban J connectivity index is 1.38. The highest BCUT2D eigenvalue weighted by Gasteiger charge is 2.52. The second-order valence-corrected chi connectivity index (χ2v) is 9.59. The van der Waals surface area contributed by atoms with E-state index in [1.54, 1.807) is 6.07 Å². The van der Waals surface area contributed by atoms with Crippen LogP contribution in [-0.4, -0.2) is 54.1 Å². The number of imide groups is 1. The van der Waals surface area contributed by atoms with Gasteiger partial charge in [-0.3, -0.25) is 19.3 Å². The van der Waals surface area contributed by atoms with Gasteiger partial charge in [-0.1, -0.05) is 6.07 Å². The average Bonchev–Trinajstić information content (AvgIpc) is 3.11. The van der Waals surface area contributed by atoms with Gasteiger partial charge in [0.25, 0.3) is 5.91 Å². The van der Waals surface area contributed by atoms with E-state index in [0.717, 1.165) is 4.90 Å². The van der Waals surface area contributed by atoms with E-state index in [-0.39, 0.29) is 23.1 Å². The van der Waals surface area contributed by atoms with Crippen molar-refractivity contribution >= 4 is 64.2 Å². The zero-order valence-electron chi connectivity index (χ0n) is 19.1. The van der Waals surface area contributed by atoms with Crippen LogP contribution in [0.5, 0.6) is 0 Å². The Labute approximate surface area is 216 Å². The van der Waals surface area contributed by atoms with Crippen molar-refractivity contribution in [1.82, 2.24) is 0 Å². The summed E-state index contributed by atoms with van der Waals surface area (Å²) >= 11 is 12.4. The molecule has 188 valence electrons. The molecule has 9 nitrogen and oxygen atoms in total. The molecule has 1 N–H and O–H groups in total. The Morgan fingerprint density at radius 1 is 0.917 bits per heavy atom. The molecule has 2 aliphatic rings. The number of esters is 2. The fraction of sp³-hybridized carbons (Fsp3) is 0.320. The predicted octanol–water partition coefficient (Wildman–Crippen LogP) is 3.38. The van der Waals surface area contributed by atoms with Gasteiger partial charge in [-0.15, -0.1) is 23.2 Å². The lowest BCUT2D eigenvalue weighted by Crippen LogP contribution is -2.34. The van der Waals surface area contributed by atoms with Crippen molar-refractivity contribution in [2.45, 2.75) is 23.6 Å². The minimum Gasteiger partial charge on any atom is -0.465 e. The normalized spacial score (nSPS) is 23.1. The van der Waals surface area contributed by atoms with Crippen LogP contribution in [0.4, 0.5) is 11.4 Å². The van der Waals surface area contributed by atoms with E-state index in [1.807, 2.05) is 0 Å². The summed E-state index contributed by atoms with van der Waals surface area (Å²) < 4.78 is 9.70. The van der Waals surface area contributed by atoms with Gasteiger partial charge in [0, 0.05) is 5.69 Å². The minimum atomic E-state index is -0.800. The van der Waals surface area contributed by atoms with Gasteiger partial charge in [0.2, 0.25) is 11.8 Å². The van der Waals surface area contributed by atoms with E-state index in [1.165, 1.54) is 49.6 Å². The molecule has 0 aromatic heterocycles. The number of fused-ring (bicyclic) bond motifs is 1. The van der Waals surface area contributed by atoms with Gasteiger partial charge >= 0.3 is 11.9 Å². The zero-order chi connectivity index (χ0) is 26.0. The summed E-state index contributed by atoms with van der Waals surface area (Å²) in [5.41, 5.74) is 1.03. The van der Waals surface area contributed by atoms with E-state index in [0.29, 0.717) is 24.1 Å². The van der Waals surface area contributed by atoms with Gasteiger partial charge in [0.1, 0.15) is 0 Å². The first-order valence-electron chi connectivity index (χ1n) is 11.1. The van der Waals surface area contributed by atoms with Crippen LogP contribution in [0, 0.1) is 11.8 Å². The molecule has 3 amide bonds.